The van der Waals surface area contributed by atoms with E-state index in [1.807, 2.05) is 0 Å². The lowest BCUT2D eigenvalue weighted by atomic mass is 9.97. The fourth-order valence-corrected chi connectivity index (χ4v) is 1.66. The highest BCUT2D eigenvalue weighted by atomic mass is 32.3. The predicted octanol–water partition coefficient (Wildman–Crippen LogP) is 3.10. The molecule has 0 aliphatic heterocycles. The second-order valence-electron chi connectivity index (χ2n) is 4.62. The van der Waals surface area contributed by atoms with Gasteiger partial charge < -0.3 is 5.11 Å². The van der Waals surface area contributed by atoms with Crippen LogP contribution in [0.2, 0.25) is 0 Å². The van der Waals surface area contributed by atoms with Crippen LogP contribution >= 0.6 is 0 Å². The molecule has 6 heteroatoms. The monoisotopic (exact) mass is 284 g/mol. The quantitative estimate of drug-likeness (QED) is 0.446. The van der Waals surface area contributed by atoms with Gasteiger partial charge in [-0.05, 0) is 12.3 Å². The molecule has 0 bridgehead atoms. The molecule has 0 radical (unpaired) electrons. The topological polar surface area (TPSA) is 94.8 Å². The van der Waals surface area contributed by atoms with Crippen LogP contribution < -0.4 is 0 Å². The molecule has 0 aliphatic carbocycles. The van der Waals surface area contributed by atoms with Crippen molar-refractivity contribution >= 4 is 10.4 Å². The summed E-state index contributed by atoms with van der Waals surface area (Å²) in [5, 5.41) is 8.59. The molecule has 5 nitrogen and oxygen atoms in total. The third-order valence-corrected chi connectivity index (χ3v) is 2.66. The smallest absolute Gasteiger partial charge is 0.394 e. The van der Waals surface area contributed by atoms with Crippen LogP contribution in [0.5, 0.6) is 0 Å². The van der Waals surface area contributed by atoms with Crippen molar-refractivity contribution in [3.05, 3.63) is 0 Å². The van der Waals surface area contributed by atoms with Crippen molar-refractivity contribution in [2.75, 3.05) is 6.61 Å². The van der Waals surface area contributed by atoms with E-state index in [9.17, 15) is 0 Å². The summed E-state index contributed by atoms with van der Waals surface area (Å²) in [5.41, 5.74) is 0. The van der Waals surface area contributed by atoms with Crippen LogP contribution in [0.25, 0.3) is 0 Å². The summed E-state index contributed by atoms with van der Waals surface area (Å²) in [6.07, 6.45) is 10.3. The lowest BCUT2D eigenvalue weighted by Crippen LogP contribution is -1.94. The Hall–Kier alpha value is -0.170. The van der Waals surface area contributed by atoms with Crippen molar-refractivity contribution in [1.29, 1.82) is 0 Å². The van der Waals surface area contributed by atoms with Gasteiger partial charge in [-0.2, -0.15) is 8.42 Å². The van der Waals surface area contributed by atoms with E-state index in [1.165, 1.54) is 44.9 Å². The zero-order valence-electron chi connectivity index (χ0n) is 11.5. The minimum absolute atomic E-state index is 0.366. The van der Waals surface area contributed by atoms with Crippen molar-refractivity contribution in [2.45, 2.75) is 65.2 Å². The third-order valence-electron chi connectivity index (χ3n) is 2.66. The van der Waals surface area contributed by atoms with Gasteiger partial charge in [-0.3, -0.25) is 9.11 Å². The van der Waals surface area contributed by atoms with Gasteiger partial charge >= 0.3 is 10.4 Å². The second kappa shape index (κ2) is 13.3. The first kappa shape index (κ1) is 20.2. The van der Waals surface area contributed by atoms with Crippen LogP contribution in [0.4, 0.5) is 0 Å². The van der Waals surface area contributed by atoms with Gasteiger partial charge in [0.25, 0.3) is 0 Å². The van der Waals surface area contributed by atoms with Crippen LogP contribution in [0.15, 0.2) is 0 Å². The van der Waals surface area contributed by atoms with E-state index in [-0.39, 0.29) is 0 Å². The molecule has 0 saturated heterocycles. The summed E-state index contributed by atoms with van der Waals surface area (Å²) in [7, 11) is -4.67. The van der Waals surface area contributed by atoms with Gasteiger partial charge in [-0.1, -0.05) is 58.8 Å². The number of aliphatic hydroxyl groups is 1. The van der Waals surface area contributed by atoms with E-state index >= 15 is 0 Å². The predicted molar refractivity (Wildman–Crippen MR) is 73.0 cm³/mol. The van der Waals surface area contributed by atoms with Crippen molar-refractivity contribution in [1.82, 2.24) is 0 Å². The maximum absolute atomic E-state index is 8.74. The Bertz CT molecular complexity index is 243. The largest absolute Gasteiger partial charge is 0.396 e. The normalized spacial score (nSPS) is 12.7. The number of hydrogen-bond acceptors (Lipinski definition) is 3. The molecule has 0 amide bonds. The lowest BCUT2D eigenvalue weighted by molar-refractivity contribution is 0.281. The third kappa shape index (κ3) is 29.7. The van der Waals surface area contributed by atoms with Gasteiger partial charge in [-0.25, -0.2) is 0 Å². The maximum Gasteiger partial charge on any atom is 0.394 e. The van der Waals surface area contributed by atoms with Gasteiger partial charge in [0.2, 0.25) is 0 Å². The van der Waals surface area contributed by atoms with Crippen LogP contribution in [-0.4, -0.2) is 29.2 Å². The van der Waals surface area contributed by atoms with Gasteiger partial charge in [0.15, 0.2) is 0 Å². The zero-order valence-corrected chi connectivity index (χ0v) is 12.3. The molecule has 0 aromatic carbocycles. The first-order valence-corrected chi connectivity index (χ1v) is 8.01. The second-order valence-corrected chi connectivity index (χ2v) is 5.52. The molecule has 112 valence electrons. The fourth-order valence-electron chi connectivity index (χ4n) is 1.66. The Morgan fingerprint density at radius 3 is 1.83 bits per heavy atom. The lowest BCUT2D eigenvalue weighted by Gasteiger charge is -2.09. The van der Waals surface area contributed by atoms with Crippen molar-refractivity contribution in [3.8, 4) is 0 Å². The van der Waals surface area contributed by atoms with Gasteiger partial charge in [0, 0.05) is 6.61 Å². The molecule has 0 aliphatic rings. The molecule has 1 unspecified atom stereocenters. The molecule has 0 aromatic heterocycles. The van der Waals surface area contributed by atoms with Gasteiger partial charge in [-0.15, -0.1) is 0 Å². The van der Waals surface area contributed by atoms with E-state index in [4.69, 9.17) is 22.6 Å². The molecule has 3 N–H and O–H groups in total. The van der Waals surface area contributed by atoms with Crippen LogP contribution in [0.3, 0.4) is 0 Å². The number of rotatable bonds is 9. The van der Waals surface area contributed by atoms with Crippen LogP contribution in [0.1, 0.15) is 65.2 Å². The Labute approximate surface area is 111 Å². The molecule has 1 atom stereocenters. The van der Waals surface area contributed by atoms with E-state index < -0.39 is 10.4 Å². The average Bonchev–Trinajstić information content (AvgIpc) is 2.24. The summed E-state index contributed by atoms with van der Waals surface area (Å²) < 4.78 is 31.6. The van der Waals surface area contributed by atoms with Gasteiger partial charge in [0.05, 0.1) is 0 Å². The summed E-state index contributed by atoms with van der Waals surface area (Å²) in [6, 6.07) is 0. The number of aliphatic hydroxyl groups excluding tert-OH is 1. The number of unbranched alkanes of at least 4 members (excludes halogenated alkanes) is 4. The molecule has 0 spiro atoms. The van der Waals surface area contributed by atoms with Crippen molar-refractivity contribution in [2.24, 2.45) is 5.92 Å². The minimum Gasteiger partial charge on any atom is -0.396 e. The van der Waals surface area contributed by atoms with Gasteiger partial charge in [0.1, 0.15) is 0 Å². The molecular weight excluding hydrogens is 256 g/mol. The standard InChI is InChI=1S/C12H26O.H2O4S/c1-3-4-9-12(2)10-7-5-6-8-11-13;1-5(2,3)4/h12-13H,3-11H2,1-2H3;(H2,1,2,3,4). The first-order valence-electron chi connectivity index (χ1n) is 6.62. The fraction of sp³-hybridized carbons (Fsp3) is 1.00. The van der Waals surface area contributed by atoms with Crippen LogP contribution in [0, 0.1) is 5.92 Å². The molecule has 18 heavy (non-hydrogen) atoms. The molecule has 0 heterocycles. The SMILES string of the molecule is CCCCC(C)CCCCCCO.O=S(=O)(O)O. The summed E-state index contributed by atoms with van der Waals surface area (Å²) in [6.45, 7) is 4.99. The summed E-state index contributed by atoms with van der Waals surface area (Å²) in [5.74, 6) is 0.911. The maximum atomic E-state index is 8.74. The van der Waals surface area contributed by atoms with E-state index in [0.717, 1.165) is 12.3 Å². The minimum atomic E-state index is -4.67. The zero-order chi connectivity index (χ0) is 14.4. The molecule has 0 fully saturated rings. The van der Waals surface area contributed by atoms with Crippen LogP contribution in [-0.2, 0) is 10.4 Å². The number of hydrogen-bond donors (Lipinski definition) is 3. The molecule has 0 saturated carbocycles. The van der Waals surface area contributed by atoms with Crippen molar-refractivity contribution in [3.63, 3.8) is 0 Å². The Balaban J connectivity index is 0. The molecule has 0 rings (SSSR count). The Morgan fingerprint density at radius 1 is 0.944 bits per heavy atom. The Kier molecular flexibility index (Phi) is 14.9. The van der Waals surface area contributed by atoms with E-state index in [2.05, 4.69) is 13.8 Å². The first-order chi connectivity index (χ1) is 8.31. The molecular formula is C12H28O5S. The highest BCUT2D eigenvalue weighted by molar-refractivity contribution is 7.79. The summed E-state index contributed by atoms with van der Waals surface area (Å²) in [4.78, 5) is 0. The van der Waals surface area contributed by atoms with E-state index in [0.29, 0.717) is 6.61 Å². The Morgan fingerprint density at radius 2 is 1.39 bits per heavy atom. The van der Waals surface area contributed by atoms with Crippen molar-refractivity contribution < 1.29 is 22.6 Å². The molecule has 0 aromatic rings. The average molecular weight is 284 g/mol. The highest BCUT2D eigenvalue weighted by Gasteiger charge is 2.00. The summed E-state index contributed by atoms with van der Waals surface area (Å²) >= 11 is 0. The van der Waals surface area contributed by atoms with E-state index in [1.54, 1.807) is 0 Å². The highest BCUT2D eigenvalue weighted by Crippen LogP contribution is 2.15.